The summed E-state index contributed by atoms with van der Waals surface area (Å²) in [5.74, 6) is 1.18. The van der Waals surface area contributed by atoms with Crippen molar-refractivity contribution in [3.8, 4) is 34.1 Å². The molecule has 4 aromatic rings. The molecule has 1 atom stereocenters. The van der Waals surface area contributed by atoms with E-state index in [1.54, 1.807) is 24.4 Å². The van der Waals surface area contributed by atoms with Gasteiger partial charge in [-0.05, 0) is 72.7 Å². The van der Waals surface area contributed by atoms with E-state index in [-0.39, 0.29) is 25.7 Å². The molecule has 3 aromatic carbocycles. The van der Waals surface area contributed by atoms with Gasteiger partial charge in [0.1, 0.15) is 44.0 Å². The van der Waals surface area contributed by atoms with Crippen LogP contribution in [0, 0.1) is 6.92 Å². The third kappa shape index (κ3) is 7.78. The van der Waals surface area contributed by atoms with Gasteiger partial charge in [-0.2, -0.15) is 0 Å². The highest BCUT2D eigenvalue weighted by molar-refractivity contribution is 6.32. The van der Waals surface area contributed by atoms with Crippen LogP contribution >= 0.6 is 11.6 Å². The number of pyridine rings is 1. The molecule has 3 N–H and O–H groups in total. The predicted octanol–water partition coefficient (Wildman–Crippen LogP) is 6.10. The van der Waals surface area contributed by atoms with Gasteiger partial charge in [-0.1, -0.05) is 35.9 Å². The van der Waals surface area contributed by atoms with Crippen LogP contribution in [-0.4, -0.2) is 47.8 Å². The summed E-state index contributed by atoms with van der Waals surface area (Å²) in [7, 11) is 0. The van der Waals surface area contributed by atoms with Crippen LogP contribution in [0.4, 0.5) is 0 Å². The van der Waals surface area contributed by atoms with Crippen molar-refractivity contribution in [2.24, 2.45) is 0 Å². The van der Waals surface area contributed by atoms with Gasteiger partial charge in [0.25, 0.3) is 5.91 Å². The summed E-state index contributed by atoms with van der Waals surface area (Å²) < 4.78 is 24.0. The van der Waals surface area contributed by atoms with Crippen molar-refractivity contribution in [1.29, 1.82) is 0 Å². The molecule has 2 bridgehead atoms. The Morgan fingerprint density at radius 1 is 1.00 bits per heavy atom. The minimum absolute atomic E-state index is 0.126. The SMILES string of the molecule is Cc1c(COc2cc3c(cc2Cl)CN[C@H](C(=O)O)CCCCNC(=O)c2cncc(c2)CO3)cccc1-c1ccc2c(c1)OCCO2. The number of carboxylic acid groups (broad SMARTS) is 1. The van der Waals surface area contributed by atoms with Crippen LogP contribution < -0.4 is 29.6 Å². The number of benzene rings is 3. The quantitative estimate of drug-likeness (QED) is 0.233. The van der Waals surface area contributed by atoms with Gasteiger partial charge >= 0.3 is 5.97 Å². The number of hydrogen-bond donors (Lipinski definition) is 3. The Hall–Kier alpha value is -4.80. The molecule has 0 fully saturated rings. The lowest BCUT2D eigenvalue weighted by Crippen LogP contribution is -2.36. The van der Waals surface area contributed by atoms with E-state index < -0.39 is 12.0 Å². The van der Waals surface area contributed by atoms with Crippen molar-refractivity contribution < 1.29 is 33.6 Å². The maximum atomic E-state index is 12.7. The summed E-state index contributed by atoms with van der Waals surface area (Å²) in [5.41, 5.74) is 5.92. The third-order valence-electron chi connectivity index (χ3n) is 8.29. The van der Waals surface area contributed by atoms with E-state index in [1.165, 1.54) is 6.20 Å². The molecule has 244 valence electrons. The lowest BCUT2D eigenvalue weighted by Gasteiger charge is -2.20. The molecule has 0 spiro atoms. The van der Waals surface area contributed by atoms with Gasteiger partial charge in [-0.25, -0.2) is 0 Å². The van der Waals surface area contributed by atoms with E-state index in [1.807, 2.05) is 30.3 Å². The summed E-state index contributed by atoms with van der Waals surface area (Å²) in [6.07, 6.45) is 4.82. The fraction of sp³-hybridized carbons (Fsp3) is 0.306. The van der Waals surface area contributed by atoms with Crippen molar-refractivity contribution in [2.75, 3.05) is 19.8 Å². The molecule has 3 heterocycles. The second kappa shape index (κ2) is 14.7. The lowest BCUT2D eigenvalue weighted by molar-refractivity contribution is -0.139. The molecule has 2 aliphatic heterocycles. The Balaban J connectivity index is 1.25. The molecule has 0 radical (unpaired) electrons. The average molecular weight is 658 g/mol. The number of aliphatic carboxylic acids is 1. The summed E-state index contributed by atoms with van der Waals surface area (Å²) >= 11 is 6.74. The van der Waals surface area contributed by atoms with Crippen molar-refractivity contribution in [2.45, 2.75) is 52.0 Å². The van der Waals surface area contributed by atoms with Gasteiger partial charge in [0.15, 0.2) is 11.5 Å². The van der Waals surface area contributed by atoms with E-state index in [0.717, 1.165) is 33.8 Å². The number of hydrogen-bond acceptors (Lipinski definition) is 8. The summed E-state index contributed by atoms with van der Waals surface area (Å²) in [4.78, 5) is 28.9. The number of carboxylic acids is 1. The fourth-order valence-corrected chi connectivity index (χ4v) is 5.89. The number of nitrogens with one attached hydrogen (secondary N) is 2. The van der Waals surface area contributed by atoms with Gasteiger partial charge < -0.3 is 34.7 Å². The number of rotatable bonds is 5. The van der Waals surface area contributed by atoms with Gasteiger partial charge in [-0.15, -0.1) is 0 Å². The zero-order valence-corrected chi connectivity index (χ0v) is 26.8. The maximum absolute atomic E-state index is 12.7. The number of nitrogens with zero attached hydrogens (tertiary/aromatic N) is 1. The molecule has 6 rings (SSSR count). The number of fused-ring (bicyclic) bond motifs is 4. The Morgan fingerprint density at radius 3 is 2.70 bits per heavy atom. The zero-order chi connectivity index (χ0) is 32.8. The Bertz CT molecular complexity index is 1780. The second-order valence-electron chi connectivity index (χ2n) is 11.5. The monoisotopic (exact) mass is 657 g/mol. The smallest absolute Gasteiger partial charge is 0.320 e. The van der Waals surface area contributed by atoms with Gasteiger partial charge in [0, 0.05) is 42.7 Å². The first-order valence-electron chi connectivity index (χ1n) is 15.6. The molecule has 0 aliphatic carbocycles. The first kappa shape index (κ1) is 32.2. The molecule has 47 heavy (non-hydrogen) atoms. The molecular weight excluding hydrogens is 622 g/mol. The summed E-state index contributed by atoms with van der Waals surface area (Å²) in [5, 5.41) is 16.2. The first-order valence-corrected chi connectivity index (χ1v) is 16.0. The van der Waals surface area contributed by atoms with E-state index in [9.17, 15) is 14.7 Å². The van der Waals surface area contributed by atoms with Crippen LogP contribution in [0.15, 0.2) is 67.0 Å². The van der Waals surface area contributed by atoms with Crippen LogP contribution in [-0.2, 0) is 24.6 Å². The molecule has 0 saturated carbocycles. The predicted molar refractivity (Wildman–Crippen MR) is 176 cm³/mol. The van der Waals surface area contributed by atoms with Crippen LogP contribution in [0.1, 0.15) is 51.9 Å². The van der Waals surface area contributed by atoms with Gasteiger partial charge in [-0.3, -0.25) is 14.6 Å². The molecular formula is C36H36ClN3O7. The first-order chi connectivity index (χ1) is 22.9. The molecule has 0 saturated heterocycles. The van der Waals surface area contributed by atoms with Crippen LogP contribution in [0.5, 0.6) is 23.0 Å². The van der Waals surface area contributed by atoms with E-state index in [4.69, 9.17) is 30.5 Å². The Kier molecular flexibility index (Phi) is 10.1. The standard InChI is InChI=1S/C36H36ClN3O7/c1-22-25(5-4-6-28(22)24-8-9-31-34(15-24)45-12-11-44-31)21-47-33-16-32-26(14-29(33)37)19-40-30(36(42)43)7-2-3-10-39-35(41)27-13-23(20-46-32)17-38-18-27/h4-6,8-9,13-18,30,40H,2-3,7,10-12,19-21H2,1H3,(H,39,41)(H,42,43)/t30-/m0/s1. The van der Waals surface area contributed by atoms with Crippen LogP contribution in [0.25, 0.3) is 11.1 Å². The lowest BCUT2D eigenvalue weighted by atomic mass is 9.96. The van der Waals surface area contributed by atoms with Crippen molar-refractivity contribution in [3.05, 3.63) is 99.8 Å². The molecule has 10 nitrogen and oxygen atoms in total. The highest BCUT2D eigenvalue weighted by Gasteiger charge is 2.20. The van der Waals surface area contributed by atoms with Crippen molar-refractivity contribution >= 4 is 23.5 Å². The number of carbonyl (C=O) groups excluding carboxylic acids is 1. The second-order valence-corrected chi connectivity index (χ2v) is 11.9. The normalized spacial score (nSPS) is 16.7. The fourth-order valence-electron chi connectivity index (χ4n) is 5.65. The van der Waals surface area contributed by atoms with E-state index >= 15 is 0 Å². The zero-order valence-electron chi connectivity index (χ0n) is 26.0. The largest absolute Gasteiger partial charge is 0.488 e. The summed E-state index contributed by atoms with van der Waals surface area (Å²) in [6.45, 7) is 4.15. The minimum atomic E-state index is -0.946. The summed E-state index contributed by atoms with van der Waals surface area (Å²) in [6, 6.07) is 16.4. The molecule has 0 unspecified atom stereocenters. The number of ether oxygens (including phenoxy) is 4. The average Bonchev–Trinajstić information content (AvgIpc) is 3.08. The minimum Gasteiger partial charge on any atom is -0.488 e. The maximum Gasteiger partial charge on any atom is 0.320 e. The molecule has 2 aliphatic rings. The Labute approximate surface area is 278 Å². The Morgan fingerprint density at radius 2 is 1.85 bits per heavy atom. The van der Waals surface area contributed by atoms with E-state index in [0.29, 0.717) is 72.2 Å². The molecule has 1 amide bonds. The van der Waals surface area contributed by atoms with Crippen molar-refractivity contribution in [1.82, 2.24) is 15.6 Å². The number of halogens is 1. The number of aromatic nitrogens is 1. The van der Waals surface area contributed by atoms with Gasteiger partial charge in [0.2, 0.25) is 0 Å². The topological polar surface area (TPSA) is 128 Å². The number of carbonyl (C=O) groups is 2. The molecule has 11 heteroatoms. The number of amides is 1. The van der Waals surface area contributed by atoms with Gasteiger partial charge in [0.05, 0.1) is 10.6 Å². The van der Waals surface area contributed by atoms with Crippen molar-refractivity contribution in [3.63, 3.8) is 0 Å². The van der Waals surface area contributed by atoms with Crippen LogP contribution in [0.3, 0.4) is 0 Å². The third-order valence-corrected chi connectivity index (χ3v) is 8.59. The highest BCUT2D eigenvalue weighted by atomic mass is 35.5. The van der Waals surface area contributed by atoms with E-state index in [2.05, 4.69) is 28.6 Å². The highest BCUT2D eigenvalue weighted by Crippen LogP contribution is 2.37. The van der Waals surface area contributed by atoms with Crippen LogP contribution in [0.2, 0.25) is 5.02 Å². The molecule has 1 aromatic heterocycles.